The predicted octanol–water partition coefficient (Wildman–Crippen LogP) is 6.68. The maximum Gasteiger partial charge on any atom is 0.330 e. The van der Waals surface area contributed by atoms with Crippen LogP contribution in [-0.4, -0.2) is 18.4 Å². The Kier molecular flexibility index (Phi) is 12.7. The van der Waals surface area contributed by atoms with E-state index in [4.69, 9.17) is 4.74 Å². The van der Waals surface area contributed by atoms with Crippen molar-refractivity contribution in [2.24, 2.45) is 11.8 Å². The minimum absolute atomic E-state index is 0.132. The molecule has 3 nitrogen and oxygen atoms in total. The first-order valence-electron chi connectivity index (χ1n) is 11.0. The van der Waals surface area contributed by atoms with Gasteiger partial charge < -0.3 is 4.74 Å². The lowest BCUT2D eigenvalue weighted by Gasteiger charge is -2.07. The van der Waals surface area contributed by atoms with Crippen LogP contribution in [0.3, 0.4) is 0 Å². The summed E-state index contributed by atoms with van der Waals surface area (Å²) in [5.74, 6) is 0.606. The zero-order chi connectivity index (χ0) is 21.5. The molecular weight excluding hydrogens is 360 g/mol. The molecule has 0 fully saturated rings. The number of hydrogen-bond acceptors (Lipinski definition) is 3. The number of allylic oxidation sites excluding steroid dienone is 9. The zero-order valence-corrected chi connectivity index (χ0v) is 18.7. The van der Waals surface area contributed by atoms with E-state index in [0.717, 1.165) is 36.8 Å². The predicted molar refractivity (Wildman–Crippen MR) is 122 cm³/mol. The van der Waals surface area contributed by atoms with Crippen molar-refractivity contribution >= 4 is 11.8 Å². The summed E-state index contributed by atoms with van der Waals surface area (Å²) < 4.78 is 5.14. The molecule has 1 aliphatic rings. The molecule has 0 amide bonds. The van der Waals surface area contributed by atoms with Crippen molar-refractivity contribution in [3.8, 4) is 0 Å². The summed E-state index contributed by atoms with van der Waals surface area (Å²) in [4.78, 5) is 23.5. The van der Waals surface area contributed by atoms with Gasteiger partial charge in [-0.15, -0.1) is 0 Å². The highest BCUT2D eigenvalue weighted by Crippen LogP contribution is 2.25. The summed E-state index contributed by atoms with van der Waals surface area (Å²) in [6.45, 7) is 8.66. The Bertz CT molecular complexity index is 657. The van der Waals surface area contributed by atoms with Crippen LogP contribution in [0.5, 0.6) is 0 Å². The summed E-state index contributed by atoms with van der Waals surface area (Å²) in [6.07, 6.45) is 23.1. The fraction of sp³-hybridized carbons (Fsp3) is 0.538. The van der Waals surface area contributed by atoms with Crippen LogP contribution >= 0.6 is 0 Å². The van der Waals surface area contributed by atoms with E-state index in [-0.39, 0.29) is 17.7 Å². The monoisotopic (exact) mass is 398 g/mol. The quantitative estimate of drug-likeness (QED) is 0.150. The molecule has 0 radical (unpaired) electrons. The van der Waals surface area contributed by atoms with Crippen molar-refractivity contribution in [1.82, 2.24) is 0 Å². The van der Waals surface area contributed by atoms with Crippen LogP contribution in [0.4, 0.5) is 0 Å². The second-order valence-electron chi connectivity index (χ2n) is 8.05. The average Bonchev–Trinajstić information content (AvgIpc) is 3.01. The van der Waals surface area contributed by atoms with E-state index in [1.807, 2.05) is 32.1 Å². The van der Waals surface area contributed by atoms with Gasteiger partial charge in [0.05, 0.1) is 6.61 Å². The topological polar surface area (TPSA) is 43.4 Å². The Labute approximate surface area is 177 Å². The molecule has 2 atom stereocenters. The third kappa shape index (κ3) is 11.4. The molecule has 0 spiro atoms. The second kappa shape index (κ2) is 14.8. The van der Waals surface area contributed by atoms with Gasteiger partial charge in [0.2, 0.25) is 0 Å². The molecule has 0 aromatic heterocycles. The number of esters is 1. The maximum absolute atomic E-state index is 12.1. The normalized spacial score (nSPS) is 18.8. The fourth-order valence-corrected chi connectivity index (χ4v) is 3.14. The molecule has 0 aliphatic heterocycles. The molecule has 160 valence electrons. The molecule has 3 heteroatoms. The second-order valence-corrected chi connectivity index (χ2v) is 8.05. The van der Waals surface area contributed by atoms with Gasteiger partial charge in [-0.05, 0) is 57.9 Å². The first kappa shape index (κ1) is 24.9. The Morgan fingerprint density at radius 2 is 2.00 bits per heavy atom. The van der Waals surface area contributed by atoms with Crippen molar-refractivity contribution in [3.63, 3.8) is 0 Å². The lowest BCUT2D eigenvalue weighted by Crippen LogP contribution is -2.02. The number of carbonyl (C=O) groups is 2. The Morgan fingerprint density at radius 1 is 1.21 bits per heavy atom. The standard InChI is InChI=1S/C26H38O3/c1-5-6-13-22(4)14-12-16-24-23(17-18-25(24)27)15-10-8-7-9-11-19-29-26(28)20-21(2)3/h8,10,12,14,16-18,20,22-23H,5-7,9,11,13,15,19H2,1-4H3/b10-8-,14-12?,24-16?/t22?,23-/m0/s1. The van der Waals surface area contributed by atoms with Gasteiger partial charge in [0.15, 0.2) is 5.78 Å². The van der Waals surface area contributed by atoms with Crippen molar-refractivity contribution in [3.05, 3.63) is 59.8 Å². The van der Waals surface area contributed by atoms with Crippen LogP contribution in [0.1, 0.15) is 72.6 Å². The summed E-state index contributed by atoms with van der Waals surface area (Å²) >= 11 is 0. The van der Waals surface area contributed by atoms with E-state index in [0.29, 0.717) is 12.5 Å². The number of ketones is 1. The Hall–Kier alpha value is -2.16. The molecule has 0 N–H and O–H groups in total. The van der Waals surface area contributed by atoms with E-state index >= 15 is 0 Å². The van der Waals surface area contributed by atoms with Crippen LogP contribution in [-0.2, 0) is 14.3 Å². The van der Waals surface area contributed by atoms with Gasteiger partial charge in [0.1, 0.15) is 0 Å². The van der Waals surface area contributed by atoms with Crippen molar-refractivity contribution in [2.45, 2.75) is 72.6 Å². The summed E-state index contributed by atoms with van der Waals surface area (Å²) in [5.41, 5.74) is 1.84. The highest BCUT2D eigenvalue weighted by molar-refractivity contribution is 6.07. The van der Waals surface area contributed by atoms with Gasteiger partial charge in [-0.3, -0.25) is 4.79 Å². The smallest absolute Gasteiger partial charge is 0.330 e. The highest BCUT2D eigenvalue weighted by Gasteiger charge is 2.20. The van der Waals surface area contributed by atoms with Crippen LogP contribution in [0.25, 0.3) is 0 Å². The van der Waals surface area contributed by atoms with Crippen LogP contribution in [0.15, 0.2) is 59.8 Å². The first-order valence-corrected chi connectivity index (χ1v) is 11.0. The molecule has 0 aromatic rings. The zero-order valence-electron chi connectivity index (χ0n) is 18.7. The first-order chi connectivity index (χ1) is 13.9. The third-order valence-electron chi connectivity index (χ3n) is 4.87. The number of carbonyl (C=O) groups excluding carboxylic acids is 2. The minimum atomic E-state index is -0.258. The fourth-order valence-electron chi connectivity index (χ4n) is 3.14. The molecule has 0 bridgehead atoms. The summed E-state index contributed by atoms with van der Waals surface area (Å²) in [5, 5.41) is 0. The van der Waals surface area contributed by atoms with E-state index < -0.39 is 0 Å². The molecule has 1 aliphatic carbocycles. The van der Waals surface area contributed by atoms with Gasteiger partial charge in [-0.1, -0.05) is 68.7 Å². The molecular formula is C26H38O3. The SMILES string of the molecule is CCCCC(C)C=CC=C1C(=O)C=C[C@@H]1C/C=C\CCCCOC(=O)C=C(C)C. The number of rotatable bonds is 13. The molecule has 0 aromatic carbocycles. The average molecular weight is 399 g/mol. The van der Waals surface area contributed by atoms with E-state index in [9.17, 15) is 9.59 Å². The molecule has 0 heterocycles. The van der Waals surface area contributed by atoms with Gasteiger partial charge in [0, 0.05) is 17.6 Å². The molecule has 1 rings (SSSR count). The summed E-state index contributed by atoms with van der Waals surface area (Å²) in [6, 6.07) is 0. The molecule has 29 heavy (non-hydrogen) atoms. The number of unbranched alkanes of at least 4 members (excludes halogenated alkanes) is 3. The van der Waals surface area contributed by atoms with Crippen LogP contribution in [0.2, 0.25) is 0 Å². The van der Waals surface area contributed by atoms with E-state index in [2.05, 4.69) is 32.1 Å². The van der Waals surface area contributed by atoms with Gasteiger partial charge >= 0.3 is 5.97 Å². The molecule has 0 saturated heterocycles. The third-order valence-corrected chi connectivity index (χ3v) is 4.87. The summed E-state index contributed by atoms with van der Waals surface area (Å²) in [7, 11) is 0. The largest absolute Gasteiger partial charge is 0.463 e. The lowest BCUT2D eigenvalue weighted by molar-refractivity contribution is -0.137. The van der Waals surface area contributed by atoms with Crippen molar-refractivity contribution < 1.29 is 14.3 Å². The van der Waals surface area contributed by atoms with E-state index in [1.165, 1.54) is 25.3 Å². The van der Waals surface area contributed by atoms with Gasteiger partial charge in [0.25, 0.3) is 0 Å². The van der Waals surface area contributed by atoms with Gasteiger partial charge in [-0.2, -0.15) is 0 Å². The van der Waals surface area contributed by atoms with Crippen LogP contribution in [0, 0.1) is 11.8 Å². The van der Waals surface area contributed by atoms with Gasteiger partial charge in [-0.25, -0.2) is 4.79 Å². The van der Waals surface area contributed by atoms with Crippen molar-refractivity contribution in [2.75, 3.05) is 6.61 Å². The number of ether oxygens (including phenoxy) is 1. The highest BCUT2D eigenvalue weighted by atomic mass is 16.5. The van der Waals surface area contributed by atoms with Crippen LogP contribution < -0.4 is 0 Å². The van der Waals surface area contributed by atoms with Crippen molar-refractivity contribution in [1.29, 1.82) is 0 Å². The molecule has 0 saturated carbocycles. The Balaban J connectivity index is 2.31. The minimum Gasteiger partial charge on any atom is -0.463 e. The maximum atomic E-state index is 12.1. The lowest BCUT2D eigenvalue weighted by atomic mass is 9.97. The Morgan fingerprint density at radius 3 is 2.72 bits per heavy atom. The van der Waals surface area contributed by atoms with E-state index in [1.54, 1.807) is 6.08 Å². The number of hydrogen-bond donors (Lipinski definition) is 0. The molecule has 1 unspecified atom stereocenters.